The zero-order valence-electron chi connectivity index (χ0n) is 11.9. The number of esters is 1. The number of fused-ring (bicyclic) bond motifs is 1. The van der Waals surface area contributed by atoms with E-state index in [4.69, 9.17) is 20.8 Å². The third-order valence-corrected chi connectivity index (χ3v) is 3.77. The van der Waals surface area contributed by atoms with Crippen LogP contribution in [0.3, 0.4) is 0 Å². The van der Waals surface area contributed by atoms with E-state index < -0.39 is 11.8 Å². The SMILES string of the molecule is O=C(Cc1coc2cc(O)ccc12)OCc1c(F)cccc1Cl. The molecule has 0 aliphatic rings. The molecule has 3 aromatic rings. The molecule has 0 bridgehead atoms. The van der Waals surface area contributed by atoms with Crippen molar-refractivity contribution in [2.45, 2.75) is 13.0 Å². The van der Waals surface area contributed by atoms with Gasteiger partial charge in [0.25, 0.3) is 0 Å². The monoisotopic (exact) mass is 334 g/mol. The number of furan rings is 1. The molecule has 0 spiro atoms. The van der Waals surface area contributed by atoms with E-state index in [9.17, 15) is 14.3 Å². The lowest BCUT2D eigenvalue weighted by atomic mass is 10.1. The Labute approximate surface area is 136 Å². The Morgan fingerprint density at radius 2 is 2.13 bits per heavy atom. The minimum absolute atomic E-state index is 0.0240. The number of phenols is 1. The Morgan fingerprint density at radius 3 is 2.91 bits per heavy atom. The van der Waals surface area contributed by atoms with Crippen molar-refractivity contribution in [2.24, 2.45) is 0 Å². The molecule has 0 amide bonds. The van der Waals surface area contributed by atoms with Crippen LogP contribution in [0.5, 0.6) is 5.75 Å². The van der Waals surface area contributed by atoms with E-state index in [0.29, 0.717) is 16.5 Å². The first-order chi connectivity index (χ1) is 11.0. The molecule has 0 aliphatic heterocycles. The summed E-state index contributed by atoms with van der Waals surface area (Å²) in [6.45, 7) is -0.235. The number of phenolic OH excluding ortho intramolecular Hbond substituents is 1. The largest absolute Gasteiger partial charge is 0.508 e. The maximum atomic E-state index is 13.6. The molecule has 3 rings (SSSR count). The van der Waals surface area contributed by atoms with Crippen molar-refractivity contribution in [3.05, 3.63) is 64.6 Å². The van der Waals surface area contributed by atoms with Gasteiger partial charge in [0.05, 0.1) is 17.7 Å². The summed E-state index contributed by atoms with van der Waals surface area (Å²) < 4.78 is 24.0. The van der Waals surface area contributed by atoms with Crippen molar-refractivity contribution in [2.75, 3.05) is 0 Å². The summed E-state index contributed by atoms with van der Waals surface area (Å²) in [6, 6.07) is 8.89. The van der Waals surface area contributed by atoms with Gasteiger partial charge in [0.1, 0.15) is 23.8 Å². The number of aromatic hydroxyl groups is 1. The van der Waals surface area contributed by atoms with Crippen molar-refractivity contribution in [3.8, 4) is 5.75 Å². The van der Waals surface area contributed by atoms with E-state index in [-0.39, 0.29) is 29.4 Å². The molecule has 2 aromatic carbocycles. The van der Waals surface area contributed by atoms with Crippen molar-refractivity contribution in [3.63, 3.8) is 0 Å². The van der Waals surface area contributed by atoms with Gasteiger partial charge in [-0.1, -0.05) is 17.7 Å². The maximum absolute atomic E-state index is 13.6. The van der Waals surface area contributed by atoms with Gasteiger partial charge in [0.2, 0.25) is 0 Å². The highest BCUT2D eigenvalue weighted by Crippen LogP contribution is 2.26. The summed E-state index contributed by atoms with van der Waals surface area (Å²) in [5.74, 6) is -0.968. The summed E-state index contributed by atoms with van der Waals surface area (Å²) in [5, 5.41) is 10.3. The lowest BCUT2D eigenvalue weighted by Crippen LogP contribution is -2.08. The van der Waals surface area contributed by atoms with Crippen LogP contribution in [0.15, 0.2) is 47.1 Å². The predicted octanol–water partition coefficient (Wildman–Crippen LogP) is 4.22. The highest BCUT2D eigenvalue weighted by molar-refractivity contribution is 6.31. The molecule has 6 heteroatoms. The fourth-order valence-electron chi connectivity index (χ4n) is 2.24. The summed E-state index contributed by atoms with van der Waals surface area (Å²) in [7, 11) is 0. The van der Waals surface area contributed by atoms with E-state index >= 15 is 0 Å². The molecule has 0 atom stereocenters. The standard InChI is InChI=1S/C17H12ClFO4/c18-14-2-1-3-15(19)13(14)9-23-17(21)6-10-8-22-16-7-11(20)4-5-12(10)16/h1-5,7-8,20H,6,9H2. The van der Waals surface area contributed by atoms with Gasteiger partial charge in [0.15, 0.2) is 0 Å². The van der Waals surface area contributed by atoms with Crippen molar-refractivity contribution in [1.29, 1.82) is 0 Å². The van der Waals surface area contributed by atoms with E-state index in [2.05, 4.69) is 0 Å². The number of carbonyl (C=O) groups excluding carboxylic acids is 1. The van der Waals surface area contributed by atoms with Crippen molar-refractivity contribution < 1.29 is 23.4 Å². The van der Waals surface area contributed by atoms with Gasteiger partial charge in [0, 0.05) is 22.6 Å². The van der Waals surface area contributed by atoms with Crippen LogP contribution in [-0.2, 0) is 22.6 Å². The number of benzene rings is 2. The fourth-order valence-corrected chi connectivity index (χ4v) is 2.46. The van der Waals surface area contributed by atoms with Gasteiger partial charge >= 0.3 is 5.97 Å². The molecule has 23 heavy (non-hydrogen) atoms. The molecule has 0 aliphatic carbocycles. The summed E-state index contributed by atoms with van der Waals surface area (Å²) in [4.78, 5) is 11.9. The van der Waals surface area contributed by atoms with Crippen LogP contribution in [-0.4, -0.2) is 11.1 Å². The molecule has 0 unspecified atom stereocenters. The molecular formula is C17H12ClFO4. The minimum Gasteiger partial charge on any atom is -0.508 e. The quantitative estimate of drug-likeness (QED) is 0.726. The first-order valence-corrected chi connectivity index (χ1v) is 7.20. The first kappa shape index (κ1) is 15.4. The zero-order chi connectivity index (χ0) is 16.4. The van der Waals surface area contributed by atoms with Gasteiger partial charge in [-0.3, -0.25) is 4.79 Å². The van der Waals surface area contributed by atoms with Gasteiger partial charge in [-0.05, 0) is 24.3 Å². The van der Waals surface area contributed by atoms with E-state index in [1.807, 2.05) is 0 Å². The molecular weight excluding hydrogens is 323 g/mol. The lowest BCUT2D eigenvalue weighted by molar-refractivity contribution is -0.144. The Balaban J connectivity index is 1.69. The number of rotatable bonds is 4. The van der Waals surface area contributed by atoms with Gasteiger partial charge in [-0.15, -0.1) is 0 Å². The summed E-state index contributed by atoms with van der Waals surface area (Å²) in [5.41, 5.74) is 1.25. The second-order valence-corrected chi connectivity index (χ2v) is 5.39. The molecule has 1 heterocycles. The van der Waals surface area contributed by atoms with Crippen LogP contribution in [0.1, 0.15) is 11.1 Å². The molecule has 4 nitrogen and oxygen atoms in total. The van der Waals surface area contributed by atoms with Gasteiger partial charge in [-0.25, -0.2) is 4.39 Å². The minimum atomic E-state index is -0.528. The Hall–Kier alpha value is -2.53. The second-order valence-electron chi connectivity index (χ2n) is 4.98. The normalized spacial score (nSPS) is 10.9. The van der Waals surface area contributed by atoms with Crippen LogP contribution < -0.4 is 0 Å². The number of carbonyl (C=O) groups is 1. The Morgan fingerprint density at radius 1 is 1.30 bits per heavy atom. The van der Waals surface area contributed by atoms with Crippen LogP contribution >= 0.6 is 11.6 Å². The highest BCUT2D eigenvalue weighted by Gasteiger charge is 2.14. The third-order valence-electron chi connectivity index (χ3n) is 3.41. The number of halogens is 2. The van der Waals surface area contributed by atoms with Crippen LogP contribution in [0.4, 0.5) is 4.39 Å². The smallest absolute Gasteiger partial charge is 0.310 e. The van der Waals surface area contributed by atoms with Crippen LogP contribution in [0.2, 0.25) is 5.02 Å². The Kier molecular flexibility index (Phi) is 4.21. The fraction of sp³-hybridized carbons (Fsp3) is 0.118. The molecule has 1 N–H and O–H groups in total. The van der Waals surface area contributed by atoms with E-state index in [1.165, 1.54) is 36.6 Å². The van der Waals surface area contributed by atoms with E-state index in [1.54, 1.807) is 6.07 Å². The Bertz CT molecular complexity index is 852. The predicted molar refractivity (Wildman–Crippen MR) is 82.8 cm³/mol. The van der Waals surface area contributed by atoms with Crippen molar-refractivity contribution >= 4 is 28.5 Å². The van der Waals surface area contributed by atoms with Gasteiger partial charge in [-0.2, -0.15) is 0 Å². The summed E-state index contributed by atoms with van der Waals surface area (Å²) in [6.07, 6.45) is 1.41. The number of hydrogen-bond acceptors (Lipinski definition) is 4. The van der Waals surface area contributed by atoms with Crippen molar-refractivity contribution in [1.82, 2.24) is 0 Å². The number of ether oxygens (including phenoxy) is 1. The number of hydrogen-bond donors (Lipinski definition) is 1. The van der Waals surface area contributed by atoms with E-state index in [0.717, 1.165) is 0 Å². The lowest BCUT2D eigenvalue weighted by Gasteiger charge is -2.07. The average Bonchev–Trinajstić information content (AvgIpc) is 2.89. The molecule has 118 valence electrons. The van der Waals surface area contributed by atoms with Gasteiger partial charge < -0.3 is 14.3 Å². The highest BCUT2D eigenvalue weighted by atomic mass is 35.5. The summed E-state index contributed by atoms with van der Waals surface area (Å²) >= 11 is 5.88. The second kappa shape index (κ2) is 6.30. The zero-order valence-corrected chi connectivity index (χ0v) is 12.6. The molecule has 1 aromatic heterocycles. The van der Waals surface area contributed by atoms with Crippen LogP contribution in [0, 0.1) is 5.82 Å². The topological polar surface area (TPSA) is 59.7 Å². The maximum Gasteiger partial charge on any atom is 0.310 e. The molecule has 0 radical (unpaired) electrons. The average molecular weight is 335 g/mol. The molecule has 0 saturated carbocycles. The molecule has 0 fully saturated rings. The first-order valence-electron chi connectivity index (χ1n) is 6.82. The third kappa shape index (κ3) is 3.29. The molecule has 0 saturated heterocycles. The van der Waals surface area contributed by atoms with Crippen LogP contribution in [0.25, 0.3) is 11.0 Å².